The smallest absolute Gasteiger partial charge is 0.269 e. The van der Waals surface area contributed by atoms with E-state index in [9.17, 15) is 13.6 Å². The average Bonchev–Trinajstić information content (AvgIpc) is 3.32. The van der Waals surface area contributed by atoms with Crippen LogP contribution in [0.2, 0.25) is 0 Å². The van der Waals surface area contributed by atoms with Crippen LogP contribution in [0.3, 0.4) is 0 Å². The van der Waals surface area contributed by atoms with Crippen LogP contribution in [0.4, 0.5) is 8.78 Å². The summed E-state index contributed by atoms with van der Waals surface area (Å²) in [5.74, 6) is -1.68. The van der Waals surface area contributed by atoms with Crippen LogP contribution in [0.1, 0.15) is 36.6 Å². The summed E-state index contributed by atoms with van der Waals surface area (Å²) in [6.07, 6.45) is 3.15. The SMILES string of the molecule is C=C(CCCn1nc2ccccc2c1C)C(=O)N1N=CCC1c1cc(F)cc(F)c1. The maximum Gasteiger partial charge on any atom is 0.269 e. The highest BCUT2D eigenvalue weighted by molar-refractivity contribution is 5.94. The van der Waals surface area contributed by atoms with Crippen molar-refractivity contribution < 1.29 is 13.6 Å². The van der Waals surface area contributed by atoms with E-state index >= 15 is 0 Å². The minimum Gasteiger partial charge on any atom is -0.269 e. The van der Waals surface area contributed by atoms with Gasteiger partial charge in [-0.15, -0.1) is 0 Å². The van der Waals surface area contributed by atoms with Crippen LogP contribution in [-0.2, 0) is 11.3 Å². The number of fused-ring (bicyclic) bond motifs is 1. The Kier molecular flexibility index (Phi) is 5.44. The van der Waals surface area contributed by atoms with E-state index in [1.54, 1.807) is 6.21 Å². The molecule has 2 aromatic carbocycles. The van der Waals surface area contributed by atoms with E-state index in [1.165, 1.54) is 17.1 Å². The molecule has 1 aliphatic rings. The van der Waals surface area contributed by atoms with E-state index in [4.69, 9.17) is 0 Å². The number of hydrazone groups is 1. The zero-order valence-electron chi connectivity index (χ0n) is 16.7. The molecule has 0 spiro atoms. The number of hydrogen-bond acceptors (Lipinski definition) is 3. The number of nitrogens with zero attached hydrogens (tertiary/aromatic N) is 4. The van der Waals surface area contributed by atoms with Crippen LogP contribution in [0.15, 0.2) is 59.7 Å². The monoisotopic (exact) mass is 408 g/mol. The standard InChI is InChI=1S/C23H22F2N4O/c1-15(6-5-11-28-16(2)20-7-3-4-8-21(20)27-28)23(30)29-22(9-10-26-29)17-12-18(24)14-19(25)13-17/h3-4,7-8,10,12-14,22H,1,5-6,9,11H2,2H3. The van der Waals surface area contributed by atoms with Gasteiger partial charge in [0.25, 0.3) is 5.91 Å². The molecule has 1 amide bonds. The number of aromatic nitrogens is 2. The molecule has 0 radical (unpaired) electrons. The second kappa shape index (κ2) is 8.18. The number of amides is 1. The fraction of sp³-hybridized carbons (Fsp3) is 0.261. The van der Waals surface area contributed by atoms with Crippen molar-refractivity contribution in [3.63, 3.8) is 0 Å². The fourth-order valence-electron chi connectivity index (χ4n) is 3.79. The lowest BCUT2D eigenvalue weighted by Gasteiger charge is -2.23. The van der Waals surface area contributed by atoms with Crippen molar-refractivity contribution in [3.05, 3.63) is 77.5 Å². The van der Waals surface area contributed by atoms with Gasteiger partial charge in [0.2, 0.25) is 0 Å². The molecule has 1 aromatic heterocycles. The summed E-state index contributed by atoms with van der Waals surface area (Å²) in [7, 11) is 0. The Bertz CT molecular complexity index is 1130. The number of aryl methyl sites for hydroxylation is 2. The van der Waals surface area contributed by atoms with Gasteiger partial charge in [0, 0.05) is 41.9 Å². The molecule has 1 atom stereocenters. The van der Waals surface area contributed by atoms with Gasteiger partial charge in [0.15, 0.2) is 0 Å². The molecule has 0 saturated carbocycles. The third kappa shape index (κ3) is 3.87. The highest BCUT2D eigenvalue weighted by Crippen LogP contribution is 2.31. The van der Waals surface area contributed by atoms with E-state index in [-0.39, 0.29) is 5.91 Å². The van der Waals surface area contributed by atoms with Crippen molar-refractivity contribution >= 4 is 23.0 Å². The normalized spacial score (nSPS) is 15.8. The summed E-state index contributed by atoms with van der Waals surface area (Å²) in [6, 6.07) is 10.7. The molecule has 7 heteroatoms. The molecule has 2 heterocycles. The number of hydrogen-bond donors (Lipinski definition) is 0. The van der Waals surface area contributed by atoms with Crippen LogP contribution < -0.4 is 0 Å². The Morgan fingerprint density at radius 3 is 2.67 bits per heavy atom. The molecule has 0 bridgehead atoms. The first-order valence-electron chi connectivity index (χ1n) is 9.86. The van der Waals surface area contributed by atoms with Gasteiger partial charge in [0.1, 0.15) is 11.6 Å². The number of carbonyl (C=O) groups is 1. The van der Waals surface area contributed by atoms with Gasteiger partial charge in [0.05, 0.1) is 11.6 Å². The van der Waals surface area contributed by atoms with Gasteiger partial charge in [-0.05, 0) is 43.5 Å². The lowest BCUT2D eigenvalue weighted by atomic mass is 10.0. The van der Waals surface area contributed by atoms with Crippen LogP contribution >= 0.6 is 0 Å². The highest BCUT2D eigenvalue weighted by atomic mass is 19.1. The summed E-state index contributed by atoms with van der Waals surface area (Å²) < 4.78 is 29.1. The third-order valence-electron chi connectivity index (χ3n) is 5.37. The molecule has 30 heavy (non-hydrogen) atoms. The number of benzene rings is 2. The minimum atomic E-state index is -0.676. The van der Waals surface area contributed by atoms with Crippen LogP contribution in [0.5, 0.6) is 0 Å². The summed E-state index contributed by atoms with van der Waals surface area (Å²) in [5.41, 5.74) is 2.82. The van der Waals surface area contributed by atoms with Gasteiger partial charge in [-0.1, -0.05) is 24.8 Å². The summed E-state index contributed by atoms with van der Waals surface area (Å²) >= 11 is 0. The first-order valence-corrected chi connectivity index (χ1v) is 9.86. The average molecular weight is 408 g/mol. The molecular weight excluding hydrogens is 386 g/mol. The summed E-state index contributed by atoms with van der Waals surface area (Å²) in [6.45, 7) is 6.60. The van der Waals surface area contributed by atoms with Crippen molar-refractivity contribution in [1.82, 2.24) is 14.8 Å². The molecular formula is C23H22F2N4O. The first-order chi connectivity index (χ1) is 14.4. The molecule has 0 fully saturated rings. The Morgan fingerprint density at radius 1 is 1.20 bits per heavy atom. The summed E-state index contributed by atoms with van der Waals surface area (Å²) in [5, 5.41) is 11.1. The molecule has 0 saturated heterocycles. The molecule has 1 aliphatic heterocycles. The lowest BCUT2D eigenvalue weighted by molar-refractivity contribution is -0.129. The van der Waals surface area contributed by atoms with Crippen molar-refractivity contribution in [2.75, 3.05) is 0 Å². The molecule has 0 aliphatic carbocycles. The van der Waals surface area contributed by atoms with Crippen LogP contribution in [0.25, 0.3) is 10.9 Å². The van der Waals surface area contributed by atoms with Crippen LogP contribution in [0, 0.1) is 18.6 Å². The minimum absolute atomic E-state index is 0.333. The maximum atomic E-state index is 13.6. The lowest BCUT2D eigenvalue weighted by Crippen LogP contribution is -2.28. The van der Waals surface area contributed by atoms with E-state index in [0.29, 0.717) is 36.9 Å². The van der Waals surface area contributed by atoms with Gasteiger partial charge >= 0.3 is 0 Å². The van der Waals surface area contributed by atoms with Crippen molar-refractivity contribution in [2.45, 2.75) is 38.8 Å². The molecule has 5 nitrogen and oxygen atoms in total. The largest absolute Gasteiger partial charge is 0.269 e. The van der Waals surface area contributed by atoms with E-state index in [2.05, 4.69) is 16.8 Å². The van der Waals surface area contributed by atoms with E-state index < -0.39 is 17.7 Å². The predicted molar refractivity (Wildman–Crippen MR) is 112 cm³/mol. The number of halogens is 2. The topological polar surface area (TPSA) is 50.5 Å². The van der Waals surface area contributed by atoms with Gasteiger partial charge < -0.3 is 0 Å². The Labute approximate surface area is 173 Å². The molecule has 0 N–H and O–H groups in total. The molecule has 3 aromatic rings. The van der Waals surface area contributed by atoms with Crippen LogP contribution in [-0.4, -0.2) is 26.9 Å². The quantitative estimate of drug-likeness (QED) is 0.544. The second-order valence-electron chi connectivity index (χ2n) is 7.43. The Balaban J connectivity index is 1.39. The predicted octanol–water partition coefficient (Wildman–Crippen LogP) is 4.92. The zero-order valence-corrected chi connectivity index (χ0v) is 16.7. The van der Waals surface area contributed by atoms with Crippen molar-refractivity contribution in [3.8, 4) is 0 Å². The zero-order chi connectivity index (χ0) is 21.3. The summed E-state index contributed by atoms with van der Waals surface area (Å²) in [4.78, 5) is 12.9. The number of rotatable bonds is 6. The number of carbonyl (C=O) groups excluding carboxylic acids is 1. The maximum absolute atomic E-state index is 13.6. The van der Waals surface area contributed by atoms with Crippen molar-refractivity contribution in [2.24, 2.45) is 5.10 Å². The van der Waals surface area contributed by atoms with E-state index in [0.717, 1.165) is 22.7 Å². The second-order valence-corrected chi connectivity index (χ2v) is 7.43. The van der Waals surface area contributed by atoms with Gasteiger partial charge in [-0.3, -0.25) is 9.48 Å². The fourth-order valence-corrected chi connectivity index (χ4v) is 3.79. The molecule has 154 valence electrons. The highest BCUT2D eigenvalue weighted by Gasteiger charge is 2.30. The Hall–Kier alpha value is -3.35. The first kappa shape index (κ1) is 19.9. The van der Waals surface area contributed by atoms with E-state index in [1.807, 2.05) is 35.9 Å². The molecule has 4 rings (SSSR count). The van der Waals surface area contributed by atoms with Gasteiger partial charge in [-0.25, -0.2) is 13.8 Å². The molecule has 1 unspecified atom stereocenters. The van der Waals surface area contributed by atoms with Crippen molar-refractivity contribution in [1.29, 1.82) is 0 Å². The Morgan fingerprint density at radius 2 is 1.93 bits per heavy atom. The third-order valence-corrected chi connectivity index (χ3v) is 5.37. The van der Waals surface area contributed by atoms with Gasteiger partial charge in [-0.2, -0.15) is 10.2 Å².